The Morgan fingerprint density at radius 1 is 1.35 bits per heavy atom. The molecule has 150 valence electrons. The smallest absolute Gasteiger partial charge is 0.356 e. The van der Waals surface area contributed by atoms with E-state index in [1.807, 2.05) is 52.6 Å². The second-order valence-electron chi connectivity index (χ2n) is 7.70. The van der Waals surface area contributed by atoms with Gasteiger partial charge in [-0.05, 0) is 45.1 Å². The van der Waals surface area contributed by atoms with Crippen LogP contribution in [0, 0.1) is 11.8 Å². The highest BCUT2D eigenvalue weighted by Crippen LogP contribution is 2.56. The van der Waals surface area contributed by atoms with Crippen molar-refractivity contribution in [2.75, 3.05) is 0 Å². The summed E-state index contributed by atoms with van der Waals surface area (Å²) in [6, 6.07) is 0. The van der Waals surface area contributed by atoms with E-state index < -0.39 is 9.53 Å². The highest BCUT2D eigenvalue weighted by molar-refractivity contribution is 9.25. The Kier molecular flexibility index (Phi) is 6.64. The van der Waals surface area contributed by atoms with Crippen molar-refractivity contribution in [2.45, 2.75) is 81.2 Å². The van der Waals surface area contributed by atoms with Crippen molar-refractivity contribution in [3.05, 3.63) is 11.6 Å². The van der Waals surface area contributed by atoms with Crippen molar-refractivity contribution in [3.8, 4) is 0 Å². The normalized spacial score (nSPS) is 38.3. The van der Waals surface area contributed by atoms with Gasteiger partial charge in [0.2, 0.25) is 0 Å². The first-order chi connectivity index (χ1) is 11.8. The SMILES string of the molecule is CC(=O)OC1C(C)=CC2CCCC(C)C23OC(C)(C)OC13.FC(F)(Br)Br. The summed E-state index contributed by atoms with van der Waals surface area (Å²) in [5.41, 5.74) is 0.729. The number of carbonyl (C=O) groups is 1. The number of hydrogen-bond donors (Lipinski definition) is 0. The molecule has 1 aliphatic heterocycles. The number of alkyl halides is 4. The van der Waals surface area contributed by atoms with Crippen LogP contribution in [-0.4, -0.2) is 33.3 Å². The van der Waals surface area contributed by atoms with Crippen LogP contribution >= 0.6 is 31.9 Å². The van der Waals surface area contributed by atoms with Gasteiger partial charge in [0.25, 0.3) is 0 Å². The van der Waals surface area contributed by atoms with Crippen LogP contribution in [0.15, 0.2) is 11.6 Å². The third-order valence-electron chi connectivity index (χ3n) is 5.26. The second-order valence-corrected chi connectivity index (χ2v) is 10.8. The van der Waals surface area contributed by atoms with E-state index in [-0.39, 0.29) is 23.8 Å². The number of halogens is 4. The Morgan fingerprint density at radius 2 is 1.92 bits per heavy atom. The molecule has 8 heteroatoms. The quantitative estimate of drug-likeness (QED) is 0.268. The summed E-state index contributed by atoms with van der Waals surface area (Å²) in [6.45, 7) is 9.64. The lowest BCUT2D eigenvalue weighted by Gasteiger charge is -2.51. The van der Waals surface area contributed by atoms with Gasteiger partial charge in [0.1, 0.15) is 11.7 Å². The van der Waals surface area contributed by atoms with Gasteiger partial charge in [0.15, 0.2) is 11.9 Å². The van der Waals surface area contributed by atoms with Crippen molar-refractivity contribution in [2.24, 2.45) is 11.8 Å². The van der Waals surface area contributed by atoms with E-state index in [0.29, 0.717) is 11.8 Å². The fraction of sp³-hybridized carbons (Fsp3) is 0.833. The summed E-state index contributed by atoms with van der Waals surface area (Å²) >= 11 is 3.92. The van der Waals surface area contributed by atoms with Crippen molar-refractivity contribution in [3.63, 3.8) is 0 Å². The molecule has 5 atom stereocenters. The van der Waals surface area contributed by atoms with Crippen LogP contribution < -0.4 is 0 Å². The number of esters is 1. The van der Waals surface area contributed by atoms with Gasteiger partial charge in [0.05, 0.1) is 0 Å². The third kappa shape index (κ3) is 4.86. The molecule has 26 heavy (non-hydrogen) atoms. The summed E-state index contributed by atoms with van der Waals surface area (Å²) in [4.78, 5) is 11.5. The Morgan fingerprint density at radius 3 is 2.46 bits per heavy atom. The highest BCUT2D eigenvalue weighted by atomic mass is 79.9. The molecule has 0 amide bonds. The molecule has 5 unspecified atom stereocenters. The summed E-state index contributed by atoms with van der Waals surface area (Å²) < 4.78 is 37.1. The Balaban J connectivity index is 0.000000431. The molecular formula is C18H26Br2F2O4. The fourth-order valence-electron chi connectivity index (χ4n) is 4.53. The first-order valence-electron chi connectivity index (χ1n) is 8.75. The van der Waals surface area contributed by atoms with E-state index in [1.165, 1.54) is 13.3 Å². The van der Waals surface area contributed by atoms with Crippen LogP contribution in [-0.2, 0) is 19.0 Å². The zero-order chi connectivity index (χ0) is 19.9. The van der Waals surface area contributed by atoms with E-state index >= 15 is 0 Å². The molecule has 0 N–H and O–H groups in total. The Hall–Kier alpha value is -0.0500. The number of ether oxygens (including phenoxy) is 3. The zero-order valence-electron chi connectivity index (χ0n) is 15.7. The van der Waals surface area contributed by atoms with Crippen LogP contribution in [0.3, 0.4) is 0 Å². The van der Waals surface area contributed by atoms with E-state index in [0.717, 1.165) is 18.4 Å². The van der Waals surface area contributed by atoms with Crippen molar-refractivity contribution >= 4 is 37.8 Å². The Labute approximate surface area is 170 Å². The molecule has 1 saturated heterocycles. The van der Waals surface area contributed by atoms with Gasteiger partial charge in [-0.15, -0.1) is 0 Å². The maximum absolute atomic E-state index is 11.5. The lowest BCUT2D eigenvalue weighted by molar-refractivity contribution is -0.188. The third-order valence-corrected chi connectivity index (χ3v) is 5.26. The molecule has 3 aliphatic rings. The van der Waals surface area contributed by atoms with Gasteiger partial charge >= 0.3 is 9.71 Å². The van der Waals surface area contributed by atoms with E-state index in [2.05, 4.69) is 13.0 Å². The van der Waals surface area contributed by atoms with Crippen LogP contribution in [0.2, 0.25) is 0 Å². The minimum absolute atomic E-state index is 0.207. The average molecular weight is 504 g/mol. The molecule has 0 aromatic carbocycles. The van der Waals surface area contributed by atoms with Crippen LogP contribution in [0.25, 0.3) is 0 Å². The molecular weight excluding hydrogens is 478 g/mol. The zero-order valence-corrected chi connectivity index (χ0v) is 18.8. The molecule has 0 aromatic rings. The first kappa shape index (κ1) is 22.2. The maximum Gasteiger partial charge on any atom is 0.356 e. The molecule has 1 saturated carbocycles. The van der Waals surface area contributed by atoms with E-state index in [4.69, 9.17) is 14.2 Å². The second kappa shape index (κ2) is 7.76. The largest absolute Gasteiger partial charge is 0.455 e. The number of hydrogen-bond acceptors (Lipinski definition) is 4. The van der Waals surface area contributed by atoms with Crippen LogP contribution in [0.4, 0.5) is 8.78 Å². The van der Waals surface area contributed by atoms with Crippen molar-refractivity contribution < 1.29 is 27.8 Å². The van der Waals surface area contributed by atoms with Gasteiger partial charge in [-0.2, -0.15) is 8.78 Å². The lowest BCUT2D eigenvalue weighted by Crippen LogP contribution is -2.60. The van der Waals surface area contributed by atoms with Gasteiger partial charge in [-0.3, -0.25) is 4.79 Å². The minimum atomic E-state index is -2.88. The molecule has 0 aromatic heterocycles. The van der Waals surface area contributed by atoms with Crippen molar-refractivity contribution in [1.82, 2.24) is 0 Å². The topological polar surface area (TPSA) is 44.8 Å². The molecule has 0 bridgehead atoms. The van der Waals surface area contributed by atoms with Crippen molar-refractivity contribution in [1.29, 1.82) is 0 Å². The molecule has 1 heterocycles. The molecule has 0 radical (unpaired) electrons. The Bertz CT molecular complexity index is 570. The predicted octanol–water partition coefficient (Wildman–Crippen LogP) is 5.53. The summed E-state index contributed by atoms with van der Waals surface area (Å²) in [6.07, 6.45) is 5.18. The fourth-order valence-corrected chi connectivity index (χ4v) is 4.53. The molecule has 4 nitrogen and oxygen atoms in total. The summed E-state index contributed by atoms with van der Waals surface area (Å²) in [5, 5.41) is 0. The predicted molar refractivity (Wildman–Crippen MR) is 101 cm³/mol. The maximum atomic E-state index is 11.5. The van der Waals surface area contributed by atoms with Gasteiger partial charge in [-0.25, -0.2) is 0 Å². The standard InChI is InChI=1S/C17H26O4.CBr2F2/c1-10-9-13-8-6-7-11(2)17(13)15(14(10)19-12(3)18)20-16(4,5)21-17;2-1(3,4)5/h9,11,13-15H,6-8H2,1-5H3;. The summed E-state index contributed by atoms with van der Waals surface area (Å²) in [7, 11) is 0. The lowest BCUT2D eigenvalue weighted by atomic mass is 9.61. The number of carbonyl (C=O) groups excluding carboxylic acids is 1. The summed E-state index contributed by atoms with van der Waals surface area (Å²) in [5.74, 6) is -0.158. The highest BCUT2D eigenvalue weighted by Gasteiger charge is 2.65. The first-order valence-corrected chi connectivity index (χ1v) is 10.3. The van der Waals surface area contributed by atoms with E-state index in [1.54, 1.807) is 0 Å². The van der Waals surface area contributed by atoms with E-state index in [9.17, 15) is 13.6 Å². The number of rotatable bonds is 1. The van der Waals surface area contributed by atoms with Crippen LogP contribution in [0.1, 0.15) is 53.9 Å². The van der Waals surface area contributed by atoms with Gasteiger partial charge in [0, 0.05) is 44.7 Å². The minimum Gasteiger partial charge on any atom is -0.455 e. The molecule has 1 spiro atoms. The average Bonchev–Trinajstić information content (AvgIpc) is 2.72. The van der Waals surface area contributed by atoms with Crippen LogP contribution in [0.5, 0.6) is 0 Å². The molecule has 3 rings (SSSR count). The molecule has 2 fully saturated rings. The monoisotopic (exact) mass is 502 g/mol. The molecule has 2 aliphatic carbocycles. The van der Waals surface area contributed by atoms with Gasteiger partial charge < -0.3 is 14.2 Å². The van der Waals surface area contributed by atoms with Gasteiger partial charge in [-0.1, -0.05) is 19.4 Å².